The van der Waals surface area contributed by atoms with Crippen molar-refractivity contribution in [2.24, 2.45) is 0 Å². The second-order valence-corrected chi connectivity index (χ2v) is 5.11. The van der Waals surface area contributed by atoms with Gasteiger partial charge in [-0.05, 0) is 28.1 Å². The number of carbonyl (C=O) groups is 3. The third kappa shape index (κ3) is 4.99. The Balaban J connectivity index is 1.75. The SMILES string of the molecule is O=C(COC(=O)C1=COCCO1)NNC(=O)c1ccccc1Br. The first kappa shape index (κ1) is 16.8. The van der Waals surface area contributed by atoms with Crippen LogP contribution in [0.2, 0.25) is 0 Å². The number of halogens is 1. The van der Waals surface area contributed by atoms with Crippen molar-refractivity contribution in [1.29, 1.82) is 0 Å². The molecule has 1 aromatic carbocycles. The molecule has 1 heterocycles. The van der Waals surface area contributed by atoms with Gasteiger partial charge >= 0.3 is 5.97 Å². The number of rotatable bonds is 4. The van der Waals surface area contributed by atoms with E-state index in [1.165, 1.54) is 0 Å². The first-order valence-corrected chi connectivity index (χ1v) is 7.32. The number of hydrogen-bond acceptors (Lipinski definition) is 6. The van der Waals surface area contributed by atoms with Crippen molar-refractivity contribution in [2.75, 3.05) is 19.8 Å². The van der Waals surface area contributed by atoms with Gasteiger partial charge in [0.05, 0.1) is 5.56 Å². The standard InChI is InChI=1S/C14H13BrN2O6/c15-10-4-2-1-3-9(10)13(19)17-16-12(18)8-23-14(20)11-7-21-5-6-22-11/h1-4,7H,5-6,8H2,(H,16,18)(H,17,19). The van der Waals surface area contributed by atoms with Crippen molar-refractivity contribution in [2.45, 2.75) is 0 Å². The van der Waals surface area contributed by atoms with Crippen molar-refractivity contribution in [3.63, 3.8) is 0 Å². The van der Waals surface area contributed by atoms with Gasteiger partial charge in [0, 0.05) is 4.47 Å². The van der Waals surface area contributed by atoms with Gasteiger partial charge in [-0.2, -0.15) is 0 Å². The summed E-state index contributed by atoms with van der Waals surface area (Å²) in [5, 5.41) is 0. The van der Waals surface area contributed by atoms with E-state index in [2.05, 4.69) is 26.8 Å². The van der Waals surface area contributed by atoms with Gasteiger partial charge in [0.25, 0.3) is 11.8 Å². The van der Waals surface area contributed by atoms with Gasteiger partial charge in [-0.1, -0.05) is 12.1 Å². The first-order chi connectivity index (χ1) is 11.1. The van der Waals surface area contributed by atoms with Crippen LogP contribution in [0.4, 0.5) is 0 Å². The van der Waals surface area contributed by atoms with Crippen molar-refractivity contribution in [3.8, 4) is 0 Å². The van der Waals surface area contributed by atoms with Gasteiger partial charge in [0.2, 0.25) is 5.76 Å². The Kier molecular flexibility index (Phi) is 5.98. The predicted octanol–water partition coefficient (Wildman–Crippen LogP) is 0.642. The van der Waals surface area contributed by atoms with Gasteiger partial charge in [-0.25, -0.2) is 4.79 Å². The van der Waals surface area contributed by atoms with E-state index < -0.39 is 24.4 Å². The van der Waals surface area contributed by atoms with E-state index >= 15 is 0 Å². The molecule has 0 aliphatic carbocycles. The van der Waals surface area contributed by atoms with Gasteiger partial charge < -0.3 is 14.2 Å². The summed E-state index contributed by atoms with van der Waals surface area (Å²) >= 11 is 3.22. The van der Waals surface area contributed by atoms with Crippen LogP contribution in [0.1, 0.15) is 10.4 Å². The van der Waals surface area contributed by atoms with Crippen LogP contribution in [0.25, 0.3) is 0 Å². The molecule has 122 valence electrons. The summed E-state index contributed by atoms with van der Waals surface area (Å²) in [7, 11) is 0. The third-order valence-electron chi connectivity index (χ3n) is 2.62. The molecule has 0 unspecified atom stereocenters. The van der Waals surface area contributed by atoms with Crippen LogP contribution in [0, 0.1) is 0 Å². The second-order valence-electron chi connectivity index (χ2n) is 4.26. The fraction of sp³-hybridized carbons (Fsp3) is 0.214. The summed E-state index contributed by atoms with van der Waals surface area (Å²) in [4.78, 5) is 34.9. The zero-order chi connectivity index (χ0) is 16.7. The zero-order valence-corrected chi connectivity index (χ0v) is 13.4. The smallest absolute Gasteiger partial charge is 0.377 e. The summed E-state index contributed by atoms with van der Waals surface area (Å²) in [5.74, 6) is -2.14. The van der Waals surface area contributed by atoms with Crippen LogP contribution >= 0.6 is 15.9 Å². The number of ether oxygens (including phenoxy) is 3. The molecule has 0 saturated carbocycles. The maximum atomic E-state index is 11.8. The number of hydrazine groups is 1. The highest BCUT2D eigenvalue weighted by atomic mass is 79.9. The monoisotopic (exact) mass is 384 g/mol. The summed E-state index contributed by atoms with van der Waals surface area (Å²) in [6.45, 7) is 0.00323. The Bertz CT molecular complexity index is 646. The van der Waals surface area contributed by atoms with E-state index in [-0.39, 0.29) is 12.4 Å². The molecule has 0 bridgehead atoms. The Hall–Kier alpha value is -2.55. The minimum atomic E-state index is -0.822. The van der Waals surface area contributed by atoms with Crippen LogP contribution in [0.15, 0.2) is 40.8 Å². The number of esters is 1. The molecule has 2 rings (SSSR count). The highest BCUT2D eigenvalue weighted by Crippen LogP contribution is 2.15. The predicted molar refractivity (Wildman–Crippen MR) is 80.7 cm³/mol. The normalized spacial score (nSPS) is 13.0. The van der Waals surface area contributed by atoms with E-state index in [1.54, 1.807) is 24.3 Å². The van der Waals surface area contributed by atoms with Crippen LogP contribution in [-0.2, 0) is 23.8 Å². The molecule has 0 atom stereocenters. The van der Waals surface area contributed by atoms with Crippen molar-refractivity contribution in [3.05, 3.63) is 46.3 Å². The molecule has 0 saturated heterocycles. The zero-order valence-electron chi connectivity index (χ0n) is 11.8. The van der Waals surface area contributed by atoms with Gasteiger partial charge in [0.15, 0.2) is 6.61 Å². The minimum Gasteiger partial charge on any atom is -0.493 e. The fourth-order valence-corrected chi connectivity index (χ4v) is 2.02. The first-order valence-electron chi connectivity index (χ1n) is 6.53. The summed E-state index contributed by atoms with van der Waals surface area (Å²) < 4.78 is 15.2. The summed E-state index contributed by atoms with van der Waals surface area (Å²) in [5.41, 5.74) is 4.70. The molecular formula is C14H13BrN2O6. The van der Waals surface area contributed by atoms with Crippen molar-refractivity contribution < 1.29 is 28.6 Å². The molecule has 1 aliphatic rings. The quantitative estimate of drug-likeness (QED) is 0.583. The van der Waals surface area contributed by atoms with E-state index in [4.69, 9.17) is 14.2 Å². The number of amides is 2. The summed E-state index contributed by atoms with van der Waals surface area (Å²) in [6, 6.07) is 6.71. The number of carbonyl (C=O) groups excluding carboxylic acids is 3. The van der Waals surface area contributed by atoms with E-state index in [0.717, 1.165) is 6.26 Å². The highest BCUT2D eigenvalue weighted by molar-refractivity contribution is 9.10. The Morgan fingerprint density at radius 2 is 1.96 bits per heavy atom. The molecule has 0 fully saturated rings. The van der Waals surface area contributed by atoms with Crippen LogP contribution < -0.4 is 10.9 Å². The Morgan fingerprint density at radius 3 is 2.65 bits per heavy atom. The third-order valence-corrected chi connectivity index (χ3v) is 3.31. The van der Waals surface area contributed by atoms with Crippen molar-refractivity contribution >= 4 is 33.7 Å². The molecule has 8 nitrogen and oxygen atoms in total. The molecule has 1 aliphatic heterocycles. The highest BCUT2D eigenvalue weighted by Gasteiger charge is 2.18. The fourth-order valence-electron chi connectivity index (χ4n) is 1.55. The average molecular weight is 385 g/mol. The minimum absolute atomic E-state index is 0.110. The average Bonchev–Trinajstić information content (AvgIpc) is 2.58. The lowest BCUT2D eigenvalue weighted by molar-refractivity contribution is -0.149. The lowest BCUT2D eigenvalue weighted by Crippen LogP contribution is -2.43. The molecule has 0 spiro atoms. The van der Waals surface area contributed by atoms with E-state index in [9.17, 15) is 14.4 Å². The van der Waals surface area contributed by atoms with Gasteiger partial charge in [-0.15, -0.1) is 0 Å². The lowest BCUT2D eigenvalue weighted by atomic mass is 10.2. The Morgan fingerprint density at radius 1 is 1.17 bits per heavy atom. The Labute approximate surface area is 139 Å². The van der Waals surface area contributed by atoms with Crippen LogP contribution in [-0.4, -0.2) is 37.6 Å². The van der Waals surface area contributed by atoms with E-state index in [1.807, 2.05) is 0 Å². The van der Waals surface area contributed by atoms with E-state index in [0.29, 0.717) is 16.6 Å². The number of hydrogen-bond donors (Lipinski definition) is 2. The molecule has 23 heavy (non-hydrogen) atoms. The lowest BCUT2D eigenvalue weighted by Gasteiger charge is -2.14. The molecule has 9 heteroatoms. The second kappa shape index (κ2) is 8.18. The van der Waals surface area contributed by atoms with Crippen LogP contribution in [0.5, 0.6) is 0 Å². The number of nitrogens with one attached hydrogen (secondary N) is 2. The maximum absolute atomic E-state index is 11.8. The number of benzene rings is 1. The van der Waals surface area contributed by atoms with Gasteiger partial charge in [-0.3, -0.25) is 20.4 Å². The topological polar surface area (TPSA) is 103 Å². The van der Waals surface area contributed by atoms with Crippen molar-refractivity contribution in [1.82, 2.24) is 10.9 Å². The summed E-state index contributed by atoms with van der Waals surface area (Å²) in [6.07, 6.45) is 1.12. The maximum Gasteiger partial charge on any atom is 0.377 e. The molecule has 2 amide bonds. The molecule has 0 radical (unpaired) electrons. The van der Waals surface area contributed by atoms with Crippen LogP contribution in [0.3, 0.4) is 0 Å². The van der Waals surface area contributed by atoms with Gasteiger partial charge in [0.1, 0.15) is 19.5 Å². The molecule has 1 aromatic rings. The molecule has 0 aromatic heterocycles. The molecular weight excluding hydrogens is 372 g/mol. The molecule has 2 N–H and O–H groups in total. The largest absolute Gasteiger partial charge is 0.493 e.